The summed E-state index contributed by atoms with van der Waals surface area (Å²) in [6, 6.07) is 2.24. The summed E-state index contributed by atoms with van der Waals surface area (Å²) in [5, 5.41) is 18.3. The molecule has 11 heteroatoms. The number of aromatic nitrogens is 2. The molecule has 0 bridgehead atoms. The predicted octanol–water partition coefficient (Wildman–Crippen LogP) is 0.360. The Morgan fingerprint density at radius 3 is 2.50 bits per heavy atom. The van der Waals surface area contributed by atoms with E-state index in [0.717, 1.165) is 30.1 Å². The molecule has 1 aromatic heterocycles. The van der Waals surface area contributed by atoms with Gasteiger partial charge in [-0.25, -0.2) is 23.3 Å². The number of benzene rings is 1. The van der Waals surface area contributed by atoms with Crippen LogP contribution in [0.15, 0.2) is 23.3 Å². The molecule has 0 spiro atoms. The van der Waals surface area contributed by atoms with Crippen LogP contribution in [0.25, 0.3) is 10.9 Å². The molecule has 0 fully saturated rings. The van der Waals surface area contributed by atoms with Crippen LogP contribution in [0.5, 0.6) is 0 Å². The third-order valence-corrected chi connectivity index (χ3v) is 6.80. The van der Waals surface area contributed by atoms with Crippen molar-refractivity contribution in [2.75, 3.05) is 6.26 Å². The van der Waals surface area contributed by atoms with Gasteiger partial charge in [-0.15, -0.1) is 0 Å². The van der Waals surface area contributed by atoms with Gasteiger partial charge < -0.3 is 5.11 Å². The second-order valence-corrected chi connectivity index (χ2v) is 10.3. The van der Waals surface area contributed by atoms with Crippen molar-refractivity contribution in [2.45, 2.75) is 44.1 Å². The Hall–Kier alpha value is -3.25. The van der Waals surface area contributed by atoms with Crippen molar-refractivity contribution in [3.8, 4) is 23.7 Å². The summed E-state index contributed by atoms with van der Waals surface area (Å²) in [4.78, 5) is 28.7. The molecule has 0 unspecified atom stereocenters. The van der Waals surface area contributed by atoms with Crippen LogP contribution in [0.2, 0.25) is 0 Å². The molecule has 2 rings (SSSR count). The molecule has 1 amide bonds. The summed E-state index contributed by atoms with van der Waals surface area (Å²) >= 11 is 0. The SMILES string of the molecule is CC(C)(O)C#CC#Cc1cc2ncn(CC[C@](C)(C(=O)NO)S(C)(=O)=O)c(=O)c2cc1F. The maximum Gasteiger partial charge on any atom is 0.264 e. The maximum absolute atomic E-state index is 14.4. The summed E-state index contributed by atoms with van der Waals surface area (Å²) in [6.07, 6.45) is 1.65. The van der Waals surface area contributed by atoms with Crippen LogP contribution >= 0.6 is 0 Å². The molecule has 170 valence electrons. The number of carbonyl (C=O) groups is 1. The molecule has 0 saturated heterocycles. The summed E-state index contributed by atoms with van der Waals surface area (Å²) in [7, 11) is -3.94. The number of halogens is 1. The third-order valence-electron chi connectivity index (χ3n) is 4.77. The largest absolute Gasteiger partial charge is 0.378 e. The highest BCUT2D eigenvalue weighted by atomic mass is 32.2. The molecule has 1 aromatic carbocycles. The number of aliphatic hydroxyl groups is 1. The third kappa shape index (κ3) is 5.51. The second kappa shape index (κ2) is 9.09. The minimum atomic E-state index is -3.94. The van der Waals surface area contributed by atoms with Gasteiger partial charge in [0.1, 0.15) is 11.4 Å². The van der Waals surface area contributed by atoms with Gasteiger partial charge in [0, 0.05) is 12.8 Å². The van der Waals surface area contributed by atoms with Crippen molar-refractivity contribution in [3.63, 3.8) is 0 Å². The van der Waals surface area contributed by atoms with E-state index >= 15 is 0 Å². The van der Waals surface area contributed by atoms with Gasteiger partial charge in [0.05, 0.1) is 22.8 Å². The predicted molar refractivity (Wildman–Crippen MR) is 115 cm³/mol. The van der Waals surface area contributed by atoms with Crippen molar-refractivity contribution in [3.05, 3.63) is 40.2 Å². The average molecular weight is 463 g/mol. The zero-order chi connectivity index (χ0) is 24.3. The van der Waals surface area contributed by atoms with Crippen LogP contribution in [0, 0.1) is 29.5 Å². The number of rotatable bonds is 5. The molecule has 2 aromatic rings. The lowest BCUT2D eigenvalue weighted by atomic mass is 10.1. The fourth-order valence-corrected chi connectivity index (χ4v) is 3.48. The first-order valence-corrected chi connectivity index (χ1v) is 11.2. The van der Waals surface area contributed by atoms with E-state index in [1.807, 2.05) is 0 Å². The number of hydroxylamine groups is 1. The lowest BCUT2D eigenvalue weighted by Gasteiger charge is -2.25. The molecule has 0 saturated carbocycles. The van der Waals surface area contributed by atoms with Crippen molar-refractivity contribution in [1.29, 1.82) is 0 Å². The Bertz CT molecular complexity index is 1350. The van der Waals surface area contributed by atoms with E-state index in [2.05, 4.69) is 28.7 Å². The molecular formula is C21H22FN3O6S. The van der Waals surface area contributed by atoms with Crippen LogP contribution in [0.1, 0.15) is 32.8 Å². The van der Waals surface area contributed by atoms with Gasteiger partial charge in [0.25, 0.3) is 11.5 Å². The second-order valence-electron chi connectivity index (χ2n) is 7.85. The van der Waals surface area contributed by atoms with Crippen LogP contribution in [0.3, 0.4) is 0 Å². The summed E-state index contributed by atoms with van der Waals surface area (Å²) < 4.78 is 37.6. The van der Waals surface area contributed by atoms with E-state index in [9.17, 15) is 27.5 Å². The number of nitrogens with one attached hydrogen (secondary N) is 1. The molecule has 32 heavy (non-hydrogen) atoms. The average Bonchev–Trinajstić information content (AvgIpc) is 2.69. The van der Waals surface area contributed by atoms with Crippen LogP contribution in [-0.4, -0.2) is 50.8 Å². The fraction of sp³-hybridized carbons (Fsp3) is 0.381. The van der Waals surface area contributed by atoms with Gasteiger partial charge in [0.15, 0.2) is 14.6 Å². The zero-order valence-electron chi connectivity index (χ0n) is 17.9. The van der Waals surface area contributed by atoms with E-state index < -0.39 is 37.5 Å². The summed E-state index contributed by atoms with van der Waals surface area (Å²) in [6.45, 7) is 3.84. The van der Waals surface area contributed by atoms with E-state index in [0.29, 0.717) is 0 Å². The molecule has 3 N–H and O–H groups in total. The Morgan fingerprint density at radius 1 is 1.28 bits per heavy atom. The monoisotopic (exact) mass is 463 g/mol. The van der Waals surface area contributed by atoms with E-state index in [1.165, 1.54) is 25.4 Å². The van der Waals surface area contributed by atoms with Crippen molar-refractivity contribution >= 4 is 26.6 Å². The maximum atomic E-state index is 14.4. The first kappa shape index (κ1) is 25.0. The van der Waals surface area contributed by atoms with Gasteiger partial charge in [-0.05, 0) is 57.1 Å². The molecule has 0 aliphatic rings. The Morgan fingerprint density at radius 2 is 1.94 bits per heavy atom. The number of nitrogens with zero attached hydrogens (tertiary/aromatic N) is 2. The highest BCUT2D eigenvalue weighted by molar-refractivity contribution is 7.92. The Kier molecular flexibility index (Phi) is 7.10. The van der Waals surface area contributed by atoms with E-state index in [1.54, 1.807) is 0 Å². The van der Waals surface area contributed by atoms with Gasteiger partial charge in [-0.1, -0.05) is 5.92 Å². The molecule has 0 aliphatic heterocycles. The highest BCUT2D eigenvalue weighted by Crippen LogP contribution is 2.22. The fourth-order valence-electron chi connectivity index (χ4n) is 2.64. The number of hydrogen-bond acceptors (Lipinski definition) is 7. The van der Waals surface area contributed by atoms with Crippen LogP contribution in [-0.2, 0) is 21.2 Å². The van der Waals surface area contributed by atoms with Gasteiger partial charge >= 0.3 is 0 Å². The number of fused-ring (bicyclic) bond motifs is 1. The molecule has 1 atom stereocenters. The molecule has 1 heterocycles. The lowest BCUT2D eigenvalue weighted by Crippen LogP contribution is -2.50. The van der Waals surface area contributed by atoms with Crippen molar-refractivity contribution in [1.82, 2.24) is 15.0 Å². The van der Waals surface area contributed by atoms with Gasteiger partial charge in [-0.3, -0.25) is 19.4 Å². The Balaban J connectivity index is 2.42. The van der Waals surface area contributed by atoms with E-state index in [-0.39, 0.29) is 29.4 Å². The topological polar surface area (TPSA) is 139 Å². The van der Waals surface area contributed by atoms with Crippen LogP contribution in [0.4, 0.5) is 4.39 Å². The normalized spacial score (nSPS) is 13.3. The zero-order valence-corrected chi connectivity index (χ0v) is 18.7. The molecule has 9 nitrogen and oxygen atoms in total. The minimum absolute atomic E-state index is 0.0449. The molecular weight excluding hydrogens is 441 g/mol. The number of hydrogen-bond donors (Lipinski definition) is 3. The van der Waals surface area contributed by atoms with Crippen molar-refractivity contribution < 1.29 is 27.9 Å². The minimum Gasteiger partial charge on any atom is -0.378 e. The van der Waals surface area contributed by atoms with Crippen LogP contribution < -0.4 is 11.0 Å². The number of aryl methyl sites for hydroxylation is 1. The smallest absolute Gasteiger partial charge is 0.264 e. The number of amides is 1. The Labute approximate surface area is 184 Å². The number of sulfone groups is 1. The number of carbonyl (C=O) groups excluding carboxylic acids is 1. The van der Waals surface area contributed by atoms with Crippen molar-refractivity contribution in [2.24, 2.45) is 0 Å². The summed E-state index contributed by atoms with van der Waals surface area (Å²) in [5.74, 6) is 7.88. The van der Waals surface area contributed by atoms with Gasteiger partial charge in [0.2, 0.25) is 0 Å². The first-order chi connectivity index (χ1) is 14.7. The molecule has 0 radical (unpaired) electrons. The highest BCUT2D eigenvalue weighted by Gasteiger charge is 2.43. The quantitative estimate of drug-likeness (QED) is 0.331. The molecule has 0 aliphatic carbocycles. The standard InChI is InChI=1S/C21H22FN3O6S/c1-20(2,28)8-6-5-7-14-11-17-15(12-16(14)22)18(26)25(13-23-17)10-9-21(3,19(27)24-29)32(4,30)31/h11-13,28-29H,9-10H2,1-4H3,(H,24,27)/t21-/m1/s1. The lowest BCUT2D eigenvalue weighted by molar-refractivity contribution is -0.131. The summed E-state index contributed by atoms with van der Waals surface area (Å²) in [5.41, 5.74) is -0.443. The van der Waals surface area contributed by atoms with E-state index in [4.69, 9.17) is 5.21 Å². The van der Waals surface area contributed by atoms with Gasteiger partial charge in [-0.2, -0.15) is 0 Å². The first-order valence-electron chi connectivity index (χ1n) is 9.28.